The van der Waals surface area contributed by atoms with Crippen LogP contribution in [0.2, 0.25) is 0 Å². The predicted molar refractivity (Wildman–Crippen MR) is 106 cm³/mol. The Hall–Kier alpha value is -3.00. The van der Waals surface area contributed by atoms with Gasteiger partial charge in [-0.3, -0.25) is 14.5 Å². The van der Waals surface area contributed by atoms with Gasteiger partial charge in [0, 0.05) is 45.1 Å². The first-order valence-electron chi connectivity index (χ1n) is 9.22. The molecule has 1 aromatic heterocycles. The minimum Gasteiger partial charge on any atom is -0.355 e. The zero-order valence-electron chi connectivity index (χ0n) is 16.0. The summed E-state index contributed by atoms with van der Waals surface area (Å²) in [6.07, 6.45) is 1.67. The van der Waals surface area contributed by atoms with Crippen LogP contribution < -0.4 is 15.5 Å². The van der Waals surface area contributed by atoms with Gasteiger partial charge in [-0.25, -0.2) is 9.37 Å². The van der Waals surface area contributed by atoms with Crippen LogP contribution in [0.1, 0.15) is 17.3 Å². The van der Waals surface area contributed by atoms with Crippen LogP contribution in [0.3, 0.4) is 0 Å². The largest absolute Gasteiger partial charge is 0.355 e. The van der Waals surface area contributed by atoms with E-state index in [1.807, 2.05) is 6.92 Å². The van der Waals surface area contributed by atoms with Crippen molar-refractivity contribution in [2.45, 2.75) is 13.0 Å². The maximum absolute atomic E-state index is 13.3. The number of carbonyl (C=O) groups is 2. The molecule has 1 fully saturated rings. The van der Waals surface area contributed by atoms with Gasteiger partial charge in [0.05, 0.1) is 11.6 Å². The molecule has 1 unspecified atom stereocenters. The molecule has 1 aliphatic rings. The van der Waals surface area contributed by atoms with Crippen LogP contribution in [0.4, 0.5) is 15.9 Å². The molecular weight excluding hydrogens is 361 g/mol. The van der Waals surface area contributed by atoms with E-state index in [2.05, 4.69) is 25.4 Å². The average molecular weight is 385 g/mol. The van der Waals surface area contributed by atoms with Crippen LogP contribution in [0, 0.1) is 5.82 Å². The van der Waals surface area contributed by atoms with Gasteiger partial charge >= 0.3 is 0 Å². The van der Waals surface area contributed by atoms with E-state index in [-0.39, 0.29) is 23.7 Å². The first kappa shape index (κ1) is 19.8. The van der Waals surface area contributed by atoms with Crippen LogP contribution >= 0.6 is 0 Å². The third kappa shape index (κ3) is 4.45. The third-order valence-electron chi connectivity index (χ3n) is 4.89. The number of rotatable bonds is 5. The zero-order valence-corrected chi connectivity index (χ0v) is 16.0. The lowest BCUT2D eigenvalue weighted by atomic mass is 10.1. The van der Waals surface area contributed by atoms with Crippen LogP contribution in [-0.4, -0.2) is 61.0 Å². The summed E-state index contributed by atoms with van der Waals surface area (Å²) in [6.45, 7) is 4.45. The number of carbonyl (C=O) groups excluding carboxylic acids is 2. The fourth-order valence-electron chi connectivity index (χ4n) is 3.26. The van der Waals surface area contributed by atoms with Gasteiger partial charge in [0.1, 0.15) is 11.6 Å². The molecule has 2 amide bonds. The van der Waals surface area contributed by atoms with Gasteiger partial charge in [-0.1, -0.05) is 6.07 Å². The molecule has 1 saturated heterocycles. The molecule has 8 heteroatoms. The quantitative estimate of drug-likeness (QED) is 0.820. The highest BCUT2D eigenvalue weighted by molar-refractivity contribution is 5.98. The fourth-order valence-corrected chi connectivity index (χ4v) is 3.26. The number of anilines is 2. The molecule has 0 spiro atoms. The molecule has 2 heterocycles. The minimum atomic E-state index is -0.388. The van der Waals surface area contributed by atoms with Crippen LogP contribution in [0.15, 0.2) is 42.6 Å². The molecule has 3 rings (SSSR count). The molecular formula is C20H24FN5O2. The number of aromatic nitrogens is 1. The van der Waals surface area contributed by atoms with Crippen LogP contribution in [0.25, 0.3) is 0 Å². The third-order valence-corrected chi connectivity index (χ3v) is 4.89. The number of piperazine rings is 1. The maximum atomic E-state index is 13.3. The standard InChI is InChI=1S/C20H24FN5O2/c1-14(19(27)24-16-6-3-5-15(21)13-16)25-9-11-26(12-10-25)18-17(20(28)22-2)7-4-8-23-18/h3-8,13-14H,9-12H2,1-2H3,(H,22,28)(H,24,27). The number of halogens is 1. The molecule has 28 heavy (non-hydrogen) atoms. The van der Waals surface area contributed by atoms with Gasteiger partial charge in [0.15, 0.2) is 0 Å². The maximum Gasteiger partial charge on any atom is 0.254 e. The van der Waals surface area contributed by atoms with E-state index >= 15 is 0 Å². The Morgan fingerprint density at radius 1 is 1.14 bits per heavy atom. The molecule has 1 aromatic carbocycles. The molecule has 0 radical (unpaired) electrons. The van der Waals surface area contributed by atoms with E-state index < -0.39 is 0 Å². The topological polar surface area (TPSA) is 77.6 Å². The summed E-state index contributed by atoms with van der Waals surface area (Å²) in [4.78, 5) is 33.1. The van der Waals surface area contributed by atoms with Gasteiger partial charge < -0.3 is 15.5 Å². The van der Waals surface area contributed by atoms with Crippen LogP contribution in [-0.2, 0) is 4.79 Å². The van der Waals surface area contributed by atoms with E-state index in [0.717, 1.165) is 0 Å². The Bertz CT molecular complexity index is 852. The molecule has 7 nitrogen and oxygen atoms in total. The molecule has 2 aromatic rings. The zero-order chi connectivity index (χ0) is 20.1. The minimum absolute atomic E-state index is 0.173. The number of nitrogens with zero attached hydrogens (tertiary/aromatic N) is 3. The highest BCUT2D eigenvalue weighted by atomic mass is 19.1. The first-order valence-corrected chi connectivity index (χ1v) is 9.22. The number of amides is 2. The Kier molecular flexibility index (Phi) is 6.20. The van der Waals surface area contributed by atoms with Crippen molar-refractivity contribution < 1.29 is 14.0 Å². The Morgan fingerprint density at radius 3 is 2.57 bits per heavy atom. The highest BCUT2D eigenvalue weighted by Crippen LogP contribution is 2.20. The fraction of sp³-hybridized carbons (Fsp3) is 0.350. The van der Waals surface area contributed by atoms with Crippen molar-refractivity contribution in [3.63, 3.8) is 0 Å². The van der Waals surface area contributed by atoms with E-state index in [1.165, 1.54) is 12.1 Å². The average Bonchev–Trinajstić information content (AvgIpc) is 2.72. The van der Waals surface area contributed by atoms with Gasteiger partial charge in [-0.05, 0) is 37.3 Å². The van der Waals surface area contributed by atoms with Gasteiger partial charge in [0.2, 0.25) is 5.91 Å². The van der Waals surface area contributed by atoms with E-state index in [9.17, 15) is 14.0 Å². The van der Waals surface area contributed by atoms with E-state index in [4.69, 9.17) is 0 Å². The Labute approximate surface area is 163 Å². The summed E-state index contributed by atoms with van der Waals surface area (Å²) in [5.41, 5.74) is 0.981. The SMILES string of the molecule is CNC(=O)c1cccnc1N1CCN(C(C)C(=O)Nc2cccc(F)c2)CC1. The number of hydrogen-bond acceptors (Lipinski definition) is 5. The number of pyridine rings is 1. The highest BCUT2D eigenvalue weighted by Gasteiger charge is 2.27. The monoisotopic (exact) mass is 385 g/mol. The summed E-state index contributed by atoms with van der Waals surface area (Å²) in [5.74, 6) is -0.0870. The molecule has 0 aliphatic carbocycles. The van der Waals surface area contributed by atoms with Gasteiger partial charge in [-0.2, -0.15) is 0 Å². The number of benzene rings is 1. The Morgan fingerprint density at radius 2 is 1.89 bits per heavy atom. The Balaban J connectivity index is 1.61. The normalized spacial score (nSPS) is 15.8. The lowest BCUT2D eigenvalue weighted by Crippen LogP contribution is -2.53. The van der Waals surface area contributed by atoms with E-state index in [0.29, 0.717) is 43.2 Å². The predicted octanol–water partition coefficient (Wildman–Crippen LogP) is 1.73. The van der Waals surface area contributed by atoms with Gasteiger partial charge in [-0.15, -0.1) is 0 Å². The molecule has 0 saturated carbocycles. The lowest BCUT2D eigenvalue weighted by Gasteiger charge is -2.38. The first-order chi connectivity index (χ1) is 13.5. The molecule has 2 N–H and O–H groups in total. The number of nitrogens with one attached hydrogen (secondary N) is 2. The second kappa shape index (κ2) is 8.79. The molecule has 1 atom stereocenters. The molecule has 148 valence electrons. The van der Waals surface area contributed by atoms with Crippen molar-refractivity contribution in [2.24, 2.45) is 0 Å². The van der Waals surface area contributed by atoms with Crippen molar-refractivity contribution in [2.75, 3.05) is 43.4 Å². The van der Waals surface area contributed by atoms with Crippen molar-refractivity contribution in [3.8, 4) is 0 Å². The molecule has 0 bridgehead atoms. The number of hydrogen-bond donors (Lipinski definition) is 2. The van der Waals surface area contributed by atoms with Crippen molar-refractivity contribution in [1.82, 2.24) is 15.2 Å². The second-order valence-corrected chi connectivity index (χ2v) is 6.65. The summed E-state index contributed by atoms with van der Waals surface area (Å²) in [5, 5.41) is 5.39. The lowest BCUT2D eigenvalue weighted by molar-refractivity contribution is -0.120. The smallest absolute Gasteiger partial charge is 0.254 e. The van der Waals surface area contributed by atoms with Gasteiger partial charge in [0.25, 0.3) is 5.91 Å². The van der Waals surface area contributed by atoms with Crippen molar-refractivity contribution in [1.29, 1.82) is 0 Å². The molecule has 1 aliphatic heterocycles. The van der Waals surface area contributed by atoms with E-state index in [1.54, 1.807) is 37.5 Å². The summed E-state index contributed by atoms with van der Waals surface area (Å²) in [6, 6.07) is 8.99. The van der Waals surface area contributed by atoms with Crippen molar-refractivity contribution in [3.05, 3.63) is 54.0 Å². The summed E-state index contributed by atoms with van der Waals surface area (Å²) in [7, 11) is 1.59. The van der Waals surface area contributed by atoms with Crippen LogP contribution in [0.5, 0.6) is 0 Å². The van der Waals surface area contributed by atoms with Crippen molar-refractivity contribution >= 4 is 23.3 Å². The second-order valence-electron chi connectivity index (χ2n) is 6.65. The summed E-state index contributed by atoms with van der Waals surface area (Å²) >= 11 is 0. The summed E-state index contributed by atoms with van der Waals surface area (Å²) < 4.78 is 13.3.